The van der Waals surface area contributed by atoms with Crippen LogP contribution in [0.15, 0.2) is 23.8 Å². The minimum absolute atomic E-state index is 0.0310. The Hall–Kier alpha value is -0.850. The average Bonchev–Trinajstić information content (AvgIpc) is 2.74. The number of hydrogen-bond donors (Lipinski definition) is 0. The lowest BCUT2D eigenvalue weighted by molar-refractivity contribution is -0.132. The molecule has 3 fully saturated rings. The molecular weight excluding hydrogens is 244 g/mol. The van der Waals surface area contributed by atoms with Crippen molar-refractivity contribution in [2.24, 2.45) is 28.6 Å². The van der Waals surface area contributed by atoms with E-state index in [4.69, 9.17) is 0 Å². The topological polar surface area (TPSA) is 17.1 Å². The van der Waals surface area contributed by atoms with Gasteiger partial charge >= 0.3 is 0 Å². The fourth-order valence-electron chi connectivity index (χ4n) is 6.15. The molecule has 20 heavy (non-hydrogen) atoms. The van der Waals surface area contributed by atoms with Crippen LogP contribution in [0.1, 0.15) is 58.8 Å². The number of allylic oxidation sites excluding steroid dienone is 4. The first-order valence-corrected chi connectivity index (χ1v) is 8.45. The zero-order valence-corrected chi connectivity index (χ0v) is 12.8. The second-order valence-electron chi connectivity index (χ2n) is 8.08. The van der Waals surface area contributed by atoms with Crippen molar-refractivity contribution in [3.63, 3.8) is 0 Å². The number of rotatable bonds is 0. The number of carbonyl (C=O) groups excluding carboxylic acids is 1. The van der Waals surface area contributed by atoms with Gasteiger partial charge in [-0.2, -0.15) is 0 Å². The van der Waals surface area contributed by atoms with Crippen LogP contribution in [0.5, 0.6) is 0 Å². The maximum absolute atomic E-state index is 12.3. The Morgan fingerprint density at radius 1 is 1.05 bits per heavy atom. The summed E-state index contributed by atoms with van der Waals surface area (Å²) >= 11 is 0. The molecule has 1 heteroatoms. The van der Waals surface area contributed by atoms with Gasteiger partial charge in [-0.1, -0.05) is 37.6 Å². The molecule has 108 valence electrons. The second-order valence-corrected chi connectivity index (χ2v) is 8.08. The highest BCUT2D eigenvalue weighted by Gasteiger charge is 2.58. The summed E-state index contributed by atoms with van der Waals surface area (Å²) in [4.78, 5) is 12.3. The minimum Gasteiger partial charge on any atom is -0.299 e. The largest absolute Gasteiger partial charge is 0.299 e. The van der Waals surface area contributed by atoms with Crippen LogP contribution in [0, 0.1) is 28.6 Å². The molecule has 0 radical (unpaired) electrons. The lowest BCUT2D eigenvalue weighted by Crippen LogP contribution is -2.49. The zero-order chi connectivity index (χ0) is 14.0. The Bertz CT molecular complexity index is 514. The van der Waals surface area contributed by atoms with Crippen molar-refractivity contribution in [2.45, 2.75) is 58.8 Å². The van der Waals surface area contributed by atoms with E-state index in [1.807, 2.05) is 0 Å². The third kappa shape index (κ3) is 1.47. The number of Topliss-reactive ketones (excluding diaryl/α,β-unsaturated/α-hetero) is 1. The Labute approximate surface area is 122 Å². The summed E-state index contributed by atoms with van der Waals surface area (Å²) in [5, 5.41) is 0. The fraction of sp³-hybridized carbons (Fsp3) is 0.737. The van der Waals surface area contributed by atoms with E-state index in [-0.39, 0.29) is 5.41 Å². The van der Waals surface area contributed by atoms with Crippen LogP contribution in [0.2, 0.25) is 0 Å². The molecule has 3 saturated carbocycles. The van der Waals surface area contributed by atoms with Gasteiger partial charge in [-0.05, 0) is 61.7 Å². The maximum atomic E-state index is 12.3. The van der Waals surface area contributed by atoms with E-state index >= 15 is 0 Å². The number of carbonyl (C=O) groups is 1. The van der Waals surface area contributed by atoms with E-state index in [1.165, 1.54) is 32.1 Å². The SMILES string of the molecule is C[C@]12CC=CC=C1CC[C@@H]1[C@@H]2CC[C@]2(C)C(=O)CC[C@@H]12. The van der Waals surface area contributed by atoms with E-state index < -0.39 is 0 Å². The molecule has 5 atom stereocenters. The molecule has 0 aromatic carbocycles. The van der Waals surface area contributed by atoms with Crippen LogP contribution in [0.25, 0.3) is 0 Å². The predicted molar refractivity (Wildman–Crippen MR) is 81.2 cm³/mol. The van der Waals surface area contributed by atoms with Crippen molar-refractivity contribution in [1.29, 1.82) is 0 Å². The molecule has 4 aliphatic carbocycles. The van der Waals surface area contributed by atoms with Crippen molar-refractivity contribution in [3.8, 4) is 0 Å². The van der Waals surface area contributed by atoms with Gasteiger partial charge in [0.1, 0.15) is 5.78 Å². The van der Waals surface area contributed by atoms with Crippen molar-refractivity contribution < 1.29 is 4.79 Å². The summed E-state index contributed by atoms with van der Waals surface area (Å²) in [5.74, 6) is 2.86. The molecule has 0 unspecified atom stereocenters. The summed E-state index contributed by atoms with van der Waals surface area (Å²) in [5.41, 5.74) is 2.11. The van der Waals surface area contributed by atoms with Crippen molar-refractivity contribution in [1.82, 2.24) is 0 Å². The standard InChI is InChI=1S/C19H26O/c1-18-11-4-3-5-13(18)6-7-14-15-8-9-17(20)19(15,2)12-10-16(14)18/h3-5,14-16H,6-12H2,1-2H3/t14-,15-,16-,18-,19-/m0/s1. The molecule has 0 amide bonds. The van der Waals surface area contributed by atoms with E-state index in [0.29, 0.717) is 17.1 Å². The predicted octanol–water partition coefficient (Wildman–Crippen LogP) is 4.68. The summed E-state index contributed by atoms with van der Waals surface area (Å²) in [7, 11) is 0. The number of fused-ring (bicyclic) bond motifs is 5. The second kappa shape index (κ2) is 4.08. The Balaban J connectivity index is 1.71. The average molecular weight is 270 g/mol. The lowest BCUT2D eigenvalue weighted by Gasteiger charge is -2.56. The van der Waals surface area contributed by atoms with Gasteiger partial charge < -0.3 is 0 Å². The van der Waals surface area contributed by atoms with E-state index in [0.717, 1.165) is 24.7 Å². The molecule has 0 heterocycles. The van der Waals surface area contributed by atoms with Crippen LogP contribution in [-0.4, -0.2) is 5.78 Å². The van der Waals surface area contributed by atoms with Gasteiger partial charge in [0, 0.05) is 11.8 Å². The first kappa shape index (κ1) is 12.9. The third-order valence-corrected chi connectivity index (χ3v) is 7.42. The number of ketones is 1. The minimum atomic E-state index is 0.0310. The first-order valence-electron chi connectivity index (χ1n) is 8.45. The summed E-state index contributed by atoms with van der Waals surface area (Å²) in [6.07, 6.45) is 15.2. The molecule has 4 rings (SSSR count). The summed E-state index contributed by atoms with van der Waals surface area (Å²) < 4.78 is 0. The van der Waals surface area contributed by atoms with Gasteiger partial charge in [0.25, 0.3) is 0 Å². The molecule has 0 aliphatic heterocycles. The molecule has 0 spiro atoms. The molecule has 0 N–H and O–H groups in total. The molecule has 0 bridgehead atoms. The van der Waals surface area contributed by atoms with Crippen LogP contribution in [0.4, 0.5) is 0 Å². The quantitative estimate of drug-likeness (QED) is 0.624. The van der Waals surface area contributed by atoms with Crippen LogP contribution in [0.3, 0.4) is 0 Å². The molecule has 0 saturated heterocycles. The van der Waals surface area contributed by atoms with Gasteiger partial charge in [0.05, 0.1) is 0 Å². The normalized spacial score (nSPS) is 50.2. The molecular formula is C19H26O. The van der Waals surface area contributed by atoms with Crippen LogP contribution in [-0.2, 0) is 4.79 Å². The van der Waals surface area contributed by atoms with E-state index in [2.05, 4.69) is 32.1 Å². The fourth-order valence-corrected chi connectivity index (χ4v) is 6.15. The highest BCUT2D eigenvalue weighted by Crippen LogP contribution is 2.63. The summed E-state index contributed by atoms with van der Waals surface area (Å²) in [6.45, 7) is 4.77. The van der Waals surface area contributed by atoms with Gasteiger partial charge in [-0.25, -0.2) is 0 Å². The smallest absolute Gasteiger partial charge is 0.139 e. The van der Waals surface area contributed by atoms with Crippen LogP contribution >= 0.6 is 0 Å². The van der Waals surface area contributed by atoms with Gasteiger partial charge in [0.2, 0.25) is 0 Å². The van der Waals surface area contributed by atoms with E-state index in [1.54, 1.807) is 5.57 Å². The Kier molecular flexibility index (Phi) is 2.63. The van der Waals surface area contributed by atoms with Crippen molar-refractivity contribution in [3.05, 3.63) is 23.8 Å². The molecule has 1 nitrogen and oxygen atoms in total. The monoisotopic (exact) mass is 270 g/mol. The maximum Gasteiger partial charge on any atom is 0.139 e. The van der Waals surface area contributed by atoms with Crippen molar-refractivity contribution in [2.75, 3.05) is 0 Å². The molecule has 0 aromatic heterocycles. The third-order valence-electron chi connectivity index (χ3n) is 7.42. The summed E-state index contributed by atoms with van der Waals surface area (Å²) in [6, 6.07) is 0. The highest BCUT2D eigenvalue weighted by atomic mass is 16.1. The van der Waals surface area contributed by atoms with Gasteiger partial charge in [-0.15, -0.1) is 0 Å². The zero-order valence-electron chi connectivity index (χ0n) is 12.8. The van der Waals surface area contributed by atoms with Gasteiger partial charge in [-0.3, -0.25) is 4.79 Å². The highest BCUT2D eigenvalue weighted by molar-refractivity contribution is 5.87. The van der Waals surface area contributed by atoms with Crippen LogP contribution < -0.4 is 0 Å². The van der Waals surface area contributed by atoms with E-state index in [9.17, 15) is 4.79 Å². The number of hydrogen-bond acceptors (Lipinski definition) is 1. The molecule has 4 aliphatic rings. The van der Waals surface area contributed by atoms with Crippen molar-refractivity contribution >= 4 is 5.78 Å². The first-order chi connectivity index (χ1) is 9.56. The Morgan fingerprint density at radius 2 is 1.85 bits per heavy atom. The molecule has 0 aromatic rings. The Morgan fingerprint density at radius 3 is 2.70 bits per heavy atom. The van der Waals surface area contributed by atoms with Gasteiger partial charge in [0.15, 0.2) is 0 Å². The lowest BCUT2D eigenvalue weighted by atomic mass is 9.48.